The van der Waals surface area contributed by atoms with Crippen molar-refractivity contribution in [1.29, 1.82) is 0 Å². The molecule has 1 aromatic heterocycles. The number of carbonyl (C=O) groups excluding carboxylic acids is 1. The Bertz CT molecular complexity index is 420. The summed E-state index contributed by atoms with van der Waals surface area (Å²) < 4.78 is 0. The molecule has 2 N–H and O–H groups in total. The molecule has 4 nitrogen and oxygen atoms in total. The Kier molecular flexibility index (Phi) is 5.96. The van der Waals surface area contributed by atoms with Gasteiger partial charge in [0.25, 0.3) is 0 Å². The van der Waals surface area contributed by atoms with Gasteiger partial charge in [0.15, 0.2) is 0 Å². The molecule has 0 aliphatic rings. The van der Waals surface area contributed by atoms with E-state index in [1.807, 2.05) is 39.0 Å². The van der Waals surface area contributed by atoms with Gasteiger partial charge in [0.1, 0.15) is 0 Å². The van der Waals surface area contributed by atoms with Gasteiger partial charge in [-0.2, -0.15) is 0 Å². The standard InChI is InChI=1S/C15H25N3O/c1-5-11(3)14(16)15(19)18(6-2)10-13-9-7-8-12(4)17-13/h7-9,11,14H,5-6,10,16H2,1-4H3/t11-,14-/m0/s1. The van der Waals surface area contributed by atoms with E-state index in [1.54, 1.807) is 4.90 Å². The lowest BCUT2D eigenvalue weighted by Crippen LogP contribution is -2.46. The second kappa shape index (κ2) is 7.24. The summed E-state index contributed by atoms with van der Waals surface area (Å²) in [6.45, 7) is 9.17. The minimum absolute atomic E-state index is 0.0140. The van der Waals surface area contributed by atoms with Crippen LogP contribution in [0.15, 0.2) is 18.2 Å². The zero-order valence-electron chi connectivity index (χ0n) is 12.4. The Morgan fingerprint density at radius 2 is 2.11 bits per heavy atom. The van der Waals surface area contributed by atoms with Gasteiger partial charge >= 0.3 is 0 Å². The van der Waals surface area contributed by atoms with Crippen molar-refractivity contribution in [3.05, 3.63) is 29.6 Å². The summed E-state index contributed by atoms with van der Waals surface area (Å²) in [6.07, 6.45) is 0.910. The van der Waals surface area contributed by atoms with E-state index in [9.17, 15) is 4.79 Å². The highest BCUT2D eigenvalue weighted by Gasteiger charge is 2.24. The number of aryl methyl sites for hydroxylation is 1. The first kappa shape index (κ1) is 15.6. The molecule has 1 rings (SSSR count). The predicted octanol–water partition coefficient (Wildman–Crippen LogP) is 2.11. The fourth-order valence-electron chi connectivity index (χ4n) is 1.94. The molecule has 19 heavy (non-hydrogen) atoms. The summed E-state index contributed by atoms with van der Waals surface area (Å²) in [5.41, 5.74) is 7.89. The van der Waals surface area contributed by atoms with E-state index in [0.29, 0.717) is 13.1 Å². The van der Waals surface area contributed by atoms with Crippen molar-refractivity contribution >= 4 is 5.91 Å². The van der Waals surface area contributed by atoms with Crippen LogP contribution in [0.3, 0.4) is 0 Å². The van der Waals surface area contributed by atoms with Crippen molar-refractivity contribution in [2.45, 2.75) is 46.7 Å². The van der Waals surface area contributed by atoms with Crippen molar-refractivity contribution in [3.63, 3.8) is 0 Å². The minimum Gasteiger partial charge on any atom is -0.336 e. The Labute approximate surface area is 116 Å². The topological polar surface area (TPSA) is 59.2 Å². The number of nitrogens with zero attached hydrogens (tertiary/aromatic N) is 2. The second-order valence-electron chi connectivity index (χ2n) is 5.03. The molecule has 0 aliphatic heterocycles. The molecule has 0 aliphatic carbocycles. The maximum Gasteiger partial charge on any atom is 0.240 e. The lowest BCUT2D eigenvalue weighted by Gasteiger charge is -2.26. The smallest absolute Gasteiger partial charge is 0.240 e. The maximum atomic E-state index is 12.3. The van der Waals surface area contributed by atoms with Crippen LogP contribution < -0.4 is 5.73 Å². The Balaban J connectivity index is 2.75. The van der Waals surface area contributed by atoms with Crippen LogP contribution in [-0.2, 0) is 11.3 Å². The molecule has 2 atom stereocenters. The van der Waals surface area contributed by atoms with Gasteiger partial charge in [-0.25, -0.2) is 0 Å². The molecule has 1 heterocycles. The van der Waals surface area contributed by atoms with E-state index < -0.39 is 6.04 Å². The van der Waals surface area contributed by atoms with Crippen LogP contribution in [0.2, 0.25) is 0 Å². The third-order valence-corrected chi connectivity index (χ3v) is 3.53. The molecular weight excluding hydrogens is 238 g/mol. The van der Waals surface area contributed by atoms with E-state index in [1.165, 1.54) is 0 Å². The molecule has 0 saturated carbocycles. The molecule has 4 heteroatoms. The van der Waals surface area contributed by atoms with E-state index in [0.717, 1.165) is 17.8 Å². The van der Waals surface area contributed by atoms with Gasteiger partial charge in [-0.3, -0.25) is 9.78 Å². The molecule has 0 radical (unpaired) electrons. The third-order valence-electron chi connectivity index (χ3n) is 3.53. The largest absolute Gasteiger partial charge is 0.336 e. The van der Waals surface area contributed by atoms with E-state index in [2.05, 4.69) is 11.9 Å². The van der Waals surface area contributed by atoms with Crippen LogP contribution in [0.25, 0.3) is 0 Å². The van der Waals surface area contributed by atoms with Gasteiger partial charge < -0.3 is 10.6 Å². The van der Waals surface area contributed by atoms with Gasteiger partial charge in [0.05, 0.1) is 18.3 Å². The van der Waals surface area contributed by atoms with Crippen LogP contribution in [-0.4, -0.2) is 28.4 Å². The summed E-state index contributed by atoms with van der Waals surface area (Å²) in [5.74, 6) is 0.215. The van der Waals surface area contributed by atoms with Crippen LogP contribution in [0, 0.1) is 12.8 Å². The average molecular weight is 263 g/mol. The number of nitrogens with two attached hydrogens (primary N) is 1. The normalized spacial score (nSPS) is 13.9. The molecule has 106 valence electrons. The van der Waals surface area contributed by atoms with Gasteiger partial charge in [-0.1, -0.05) is 26.3 Å². The average Bonchev–Trinajstić information content (AvgIpc) is 2.42. The summed E-state index contributed by atoms with van der Waals surface area (Å²) in [5, 5.41) is 0. The minimum atomic E-state index is -0.422. The molecule has 0 saturated heterocycles. The van der Waals surface area contributed by atoms with Gasteiger partial charge in [-0.15, -0.1) is 0 Å². The fraction of sp³-hybridized carbons (Fsp3) is 0.600. The quantitative estimate of drug-likeness (QED) is 0.855. The number of rotatable bonds is 6. The molecule has 0 spiro atoms. The zero-order valence-corrected chi connectivity index (χ0v) is 12.4. The van der Waals surface area contributed by atoms with Crippen LogP contribution >= 0.6 is 0 Å². The Hall–Kier alpha value is -1.42. The van der Waals surface area contributed by atoms with Crippen LogP contribution in [0.5, 0.6) is 0 Å². The zero-order chi connectivity index (χ0) is 14.4. The van der Waals surface area contributed by atoms with E-state index >= 15 is 0 Å². The van der Waals surface area contributed by atoms with Gasteiger partial charge in [0.2, 0.25) is 5.91 Å². The molecule has 0 fully saturated rings. The number of likely N-dealkylation sites (N-methyl/N-ethyl adjacent to an activating group) is 1. The Morgan fingerprint density at radius 1 is 1.42 bits per heavy atom. The van der Waals surface area contributed by atoms with Crippen molar-refractivity contribution in [2.24, 2.45) is 11.7 Å². The SMILES string of the molecule is CC[C@H](C)[C@H](N)C(=O)N(CC)Cc1cccc(C)n1. The Morgan fingerprint density at radius 3 is 2.63 bits per heavy atom. The summed E-state index contributed by atoms with van der Waals surface area (Å²) in [6, 6.07) is 5.43. The summed E-state index contributed by atoms with van der Waals surface area (Å²) in [7, 11) is 0. The molecular formula is C15H25N3O. The lowest BCUT2D eigenvalue weighted by molar-refractivity contribution is -0.134. The lowest BCUT2D eigenvalue weighted by atomic mass is 9.99. The van der Waals surface area contributed by atoms with Crippen molar-refractivity contribution in [1.82, 2.24) is 9.88 Å². The number of hydrogen-bond acceptors (Lipinski definition) is 3. The van der Waals surface area contributed by atoms with E-state index in [-0.39, 0.29) is 11.8 Å². The number of aromatic nitrogens is 1. The fourth-order valence-corrected chi connectivity index (χ4v) is 1.94. The van der Waals surface area contributed by atoms with Crippen molar-refractivity contribution < 1.29 is 4.79 Å². The van der Waals surface area contributed by atoms with Gasteiger partial charge in [0, 0.05) is 12.2 Å². The number of amides is 1. The first-order valence-electron chi connectivity index (χ1n) is 6.96. The van der Waals surface area contributed by atoms with Gasteiger partial charge in [-0.05, 0) is 31.9 Å². The van der Waals surface area contributed by atoms with E-state index in [4.69, 9.17) is 5.73 Å². The first-order chi connectivity index (χ1) is 8.99. The molecule has 0 aromatic carbocycles. The number of pyridine rings is 1. The molecule has 1 aromatic rings. The molecule has 0 unspecified atom stereocenters. The highest BCUT2D eigenvalue weighted by atomic mass is 16.2. The monoisotopic (exact) mass is 263 g/mol. The molecule has 1 amide bonds. The van der Waals surface area contributed by atoms with Crippen molar-refractivity contribution in [2.75, 3.05) is 6.54 Å². The number of hydrogen-bond donors (Lipinski definition) is 1. The van der Waals surface area contributed by atoms with Crippen molar-refractivity contribution in [3.8, 4) is 0 Å². The summed E-state index contributed by atoms with van der Waals surface area (Å²) in [4.78, 5) is 18.5. The highest BCUT2D eigenvalue weighted by Crippen LogP contribution is 2.11. The van der Waals surface area contributed by atoms with Crippen LogP contribution in [0.4, 0.5) is 0 Å². The second-order valence-corrected chi connectivity index (χ2v) is 5.03. The molecule has 0 bridgehead atoms. The first-order valence-corrected chi connectivity index (χ1v) is 6.96. The maximum absolute atomic E-state index is 12.3. The third kappa shape index (κ3) is 4.31. The number of carbonyl (C=O) groups is 1. The summed E-state index contributed by atoms with van der Waals surface area (Å²) >= 11 is 0. The van der Waals surface area contributed by atoms with Crippen LogP contribution in [0.1, 0.15) is 38.6 Å². The predicted molar refractivity (Wildman–Crippen MR) is 77.5 cm³/mol. The highest BCUT2D eigenvalue weighted by molar-refractivity contribution is 5.81.